The number of Topliss-reactive ketones (excluding diaryl/α,β-unsaturated/α-hetero) is 1. The number of nitrogens with zero attached hydrogens (tertiary/aromatic N) is 4. The Kier molecular flexibility index (Phi) is 15.5. The van der Waals surface area contributed by atoms with Crippen LogP contribution < -0.4 is 11.1 Å². The Morgan fingerprint density at radius 2 is 1.62 bits per heavy atom. The lowest BCUT2D eigenvalue weighted by Gasteiger charge is -2.36. The summed E-state index contributed by atoms with van der Waals surface area (Å²) in [6.07, 6.45) is 12.3. The van der Waals surface area contributed by atoms with E-state index in [1.807, 2.05) is 33.2 Å². The molecule has 0 saturated carbocycles. The maximum absolute atomic E-state index is 14.3. The summed E-state index contributed by atoms with van der Waals surface area (Å²) in [6.45, 7) is 17.0. The molecule has 1 aromatic carbocycles. The van der Waals surface area contributed by atoms with Crippen molar-refractivity contribution in [2.24, 2.45) is 28.9 Å². The molecule has 9 nitrogen and oxygen atoms in total. The van der Waals surface area contributed by atoms with Crippen molar-refractivity contribution >= 4 is 28.9 Å². The Hall–Kier alpha value is -2.66. The molecule has 10 heteroatoms. The number of hydrogen-bond donors (Lipinski definition) is 2. The molecule has 5 rings (SSSR count). The van der Waals surface area contributed by atoms with Crippen molar-refractivity contribution in [3.05, 3.63) is 41.0 Å². The van der Waals surface area contributed by atoms with Crippen molar-refractivity contribution in [1.29, 1.82) is 0 Å². The fraction of sp³-hybridized carbons (Fsp3) is 0.721. The second kappa shape index (κ2) is 19.8. The number of benzene rings is 1. The van der Waals surface area contributed by atoms with E-state index >= 15 is 0 Å². The van der Waals surface area contributed by atoms with E-state index in [-0.39, 0.29) is 23.5 Å². The van der Waals surface area contributed by atoms with Crippen molar-refractivity contribution in [2.75, 3.05) is 52.4 Å². The number of hydrogen-bond acceptors (Lipinski definition) is 8. The fourth-order valence-corrected chi connectivity index (χ4v) is 9.77. The molecule has 0 spiro atoms. The van der Waals surface area contributed by atoms with Crippen LogP contribution in [0.25, 0.3) is 10.4 Å². The predicted molar refractivity (Wildman–Crippen MR) is 217 cm³/mol. The highest BCUT2D eigenvalue weighted by molar-refractivity contribution is 7.13. The number of carbonyl (C=O) groups excluding carboxylic acids is 3. The minimum Gasteiger partial charge on any atom is -0.343 e. The van der Waals surface area contributed by atoms with E-state index in [4.69, 9.17) is 5.73 Å². The number of nitrogens with two attached hydrogens (primary N) is 1. The van der Waals surface area contributed by atoms with Crippen LogP contribution in [0.1, 0.15) is 110 Å². The minimum absolute atomic E-state index is 0.0904. The van der Waals surface area contributed by atoms with Crippen molar-refractivity contribution in [2.45, 2.75) is 124 Å². The highest BCUT2D eigenvalue weighted by atomic mass is 32.1. The number of thiazole rings is 1. The van der Waals surface area contributed by atoms with Crippen molar-refractivity contribution in [3.8, 4) is 10.4 Å². The molecule has 2 unspecified atom stereocenters. The Balaban J connectivity index is 1.13. The molecule has 3 N–H and O–H groups in total. The second-order valence-corrected chi connectivity index (χ2v) is 18.3. The van der Waals surface area contributed by atoms with E-state index in [9.17, 15) is 14.4 Å². The lowest BCUT2D eigenvalue weighted by molar-refractivity contribution is -0.143. The molecule has 3 aliphatic heterocycles. The summed E-state index contributed by atoms with van der Waals surface area (Å²) in [5.41, 5.74) is 10.6. The van der Waals surface area contributed by atoms with Crippen molar-refractivity contribution in [1.82, 2.24) is 25.0 Å². The molecule has 2 amide bonds. The number of nitrogens with one attached hydrogen (secondary N) is 1. The van der Waals surface area contributed by atoms with Crippen LogP contribution in [0.2, 0.25) is 0 Å². The summed E-state index contributed by atoms with van der Waals surface area (Å²) >= 11 is 1.66. The number of ketones is 1. The lowest BCUT2D eigenvalue weighted by Crippen LogP contribution is -2.58. The van der Waals surface area contributed by atoms with Crippen LogP contribution in [0.4, 0.5) is 0 Å². The number of piperidine rings is 1. The number of amides is 2. The van der Waals surface area contributed by atoms with Gasteiger partial charge in [-0.3, -0.25) is 19.3 Å². The molecule has 1 aromatic heterocycles. The molecule has 0 bridgehead atoms. The first-order valence-corrected chi connectivity index (χ1v) is 21.6. The average Bonchev–Trinajstić information content (AvgIpc) is 3.79. The van der Waals surface area contributed by atoms with Gasteiger partial charge in [-0.1, -0.05) is 71.2 Å². The van der Waals surface area contributed by atoms with Gasteiger partial charge in [0.2, 0.25) is 11.8 Å². The molecular weight excluding hydrogens is 681 g/mol. The van der Waals surface area contributed by atoms with Gasteiger partial charge in [-0.15, -0.1) is 11.3 Å². The van der Waals surface area contributed by atoms with Crippen molar-refractivity contribution in [3.63, 3.8) is 0 Å². The van der Waals surface area contributed by atoms with E-state index in [1.54, 1.807) is 16.2 Å². The molecule has 3 aliphatic rings. The van der Waals surface area contributed by atoms with E-state index < -0.39 is 17.5 Å². The zero-order valence-corrected chi connectivity index (χ0v) is 34.2. The van der Waals surface area contributed by atoms with Crippen LogP contribution >= 0.6 is 11.3 Å². The van der Waals surface area contributed by atoms with E-state index in [2.05, 4.69) is 51.3 Å². The number of aryl methyl sites for hydroxylation is 1. The molecule has 4 heterocycles. The average molecular weight is 749 g/mol. The van der Waals surface area contributed by atoms with E-state index in [0.717, 1.165) is 69.9 Å². The largest absolute Gasteiger partial charge is 0.343 e. The Bertz CT molecular complexity index is 1460. The summed E-state index contributed by atoms with van der Waals surface area (Å²) in [5, 5.41) is 3.17. The molecule has 0 radical (unpaired) electrons. The first kappa shape index (κ1) is 41.5. The van der Waals surface area contributed by atoms with Gasteiger partial charge in [0.15, 0.2) is 5.78 Å². The van der Waals surface area contributed by atoms with Crippen LogP contribution in [-0.4, -0.2) is 102 Å². The number of aromatic nitrogens is 1. The number of rotatable bonds is 15. The monoisotopic (exact) mass is 749 g/mol. The maximum atomic E-state index is 14.3. The first-order chi connectivity index (χ1) is 25.4. The molecule has 53 heavy (non-hydrogen) atoms. The number of carbonyl (C=O) groups is 3. The summed E-state index contributed by atoms with van der Waals surface area (Å²) in [6, 6.07) is 7.55. The normalized spacial score (nSPS) is 22.3. The van der Waals surface area contributed by atoms with Crippen LogP contribution in [0.3, 0.4) is 0 Å². The quantitative estimate of drug-likeness (QED) is 0.208. The van der Waals surface area contributed by atoms with E-state index in [0.29, 0.717) is 31.8 Å². The van der Waals surface area contributed by atoms with Gasteiger partial charge in [0.1, 0.15) is 6.04 Å². The van der Waals surface area contributed by atoms with Crippen LogP contribution in [0, 0.1) is 30.1 Å². The topological polar surface area (TPSA) is 112 Å². The van der Waals surface area contributed by atoms with Crippen LogP contribution in [0.15, 0.2) is 29.8 Å². The third-order valence-electron chi connectivity index (χ3n) is 12.3. The number of likely N-dealkylation sites (tertiary alicyclic amines) is 3. The molecule has 4 atom stereocenters. The fourth-order valence-electron chi connectivity index (χ4n) is 8.96. The first-order valence-electron chi connectivity index (χ1n) is 20.7. The maximum Gasteiger partial charge on any atom is 0.246 e. The Labute approximate surface area is 323 Å². The molecular formula is C43H68N6O3S. The zero-order chi connectivity index (χ0) is 38.0. The third kappa shape index (κ3) is 11.9. The lowest BCUT2D eigenvalue weighted by atomic mass is 9.82. The van der Waals surface area contributed by atoms with Gasteiger partial charge in [-0.2, -0.15) is 0 Å². The van der Waals surface area contributed by atoms with Gasteiger partial charge in [0, 0.05) is 26.1 Å². The molecule has 3 saturated heterocycles. The molecule has 3 fully saturated rings. The Morgan fingerprint density at radius 1 is 0.925 bits per heavy atom. The van der Waals surface area contributed by atoms with Gasteiger partial charge < -0.3 is 20.9 Å². The molecule has 294 valence electrons. The smallest absolute Gasteiger partial charge is 0.246 e. The predicted octanol–water partition coefficient (Wildman–Crippen LogP) is 6.72. The molecule has 0 aliphatic carbocycles. The van der Waals surface area contributed by atoms with Gasteiger partial charge in [-0.05, 0) is 119 Å². The molecule has 2 aromatic rings. The van der Waals surface area contributed by atoms with Crippen LogP contribution in [0.5, 0.6) is 0 Å². The summed E-state index contributed by atoms with van der Waals surface area (Å²) in [7, 11) is 0. The minimum atomic E-state index is -0.682. The third-order valence-corrected chi connectivity index (χ3v) is 13.2. The Morgan fingerprint density at radius 3 is 2.26 bits per heavy atom. The van der Waals surface area contributed by atoms with Crippen molar-refractivity contribution < 1.29 is 14.4 Å². The summed E-state index contributed by atoms with van der Waals surface area (Å²) < 4.78 is 0. The van der Waals surface area contributed by atoms with E-state index in [1.165, 1.54) is 61.2 Å². The standard InChI is InChI=1S/C43H68N6O3S/c1-6-32(26-34-12-14-36(15-13-34)40-31(2)45-30-53-40)28-38(50)37-11-9-21-49(37)42(52)41(43(3,4)5)46-39(51)29-48-20-8-7-10-33(18-24-48)27-35-16-22-47(23-17-35)25-19-44/h12-15,30,32-33,35,37,41H,6-11,16-29,44H2,1-5H3,(H,46,51)/t32?,33?,37-,41+/m0/s1. The SMILES string of the molecule is CCC(CC(=O)[C@@H]1CCCN1C(=O)[C@@H](NC(=O)CN1CCCCC(CC2CCN(CCN)CC2)CC1)C(C)(C)C)Cc1ccc(-c2scnc2C)cc1. The van der Waals surface area contributed by atoms with Gasteiger partial charge in [0.05, 0.1) is 28.7 Å². The van der Waals surface area contributed by atoms with Crippen LogP contribution in [-0.2, 0) is 20.8 Å². The summed E-state index contributed by atoms with van der Waals surface area (Å²) in [5.74, 6) is 1.67. The zero-order valence-electron chi connectivity index (χ0n) is 33.4. The van der Waals surface area contributed by atoms with Gasteiger partial charge >= 0.3 is 0 Å². The second-order valence-electron chi connectivity index (χ2n) is 17.4. The van der Waals surface area contributed by atoms with Gasteiger partial charge in [-0.25, -0.2) is 4.98 Å². The van der Waals surface area contributed by atoms with Gasteiger partial charge in [0.25, 0.3) is 0 Å². The highest BCUT2D eigenvalue weighted by Gasteiger charge is 2.42. The summed E-state index contributed by atoms with van der Waals surface area (Å²) in [4.78, 5) is 53.9. The highest BCUT2D eigenvalue weighted by Crippen LogP contribution is 2.32.